The second-order valence-electron chi connectivity index (χ2n) is 5.51. The van der Waals surface area contributed by atoms with Crippen molar-refractivity contribution in [3.63, 3.8) is 0 Å². The summed E-state index contributed by atoms with van der Waals surface area (Å²) in [5.74, 6) is 0. The molecule has 1 aliphatic rings. The van der Waals surface area contributed by atoms with Crippen LogP contribution in [0.3, 0.4) is 0 Å². The van der Waals surface area contributed by atoms with Crippen LogP contribution in [0.15, 0.2) is 0 Å². The first-order valence-corrected chi connectivity index (χ1v) is 6.85. The zero-order valence-electron chi connectivity index (χ0n) is 11.2. The van der Waals surface area contributed by atoms with Crippen LogP contribution in [0.2, 0.25) is 0 Å². The van der Waals surface area contributed by atoms with Gasteiger partial charge in [0.25, 0.3) is 0 Å². The van der Waals surface area contributed by atoms with Crippen LogP contribution in [0.25, 0.3) is 0 Å². The lowest BCUT2D eigenvalue weighted by atomic mass is 9.88. The molecule has 16 heavy (non-hydrogen) atoms. The minimum Gasteiger partial charge on any atom is -0.303 e. The summed E-state index contributed by atoms with van der Waals surface area (Å²) < 4.78 is 0. The molecule has 0 radical (unpaired) electrons. The molecule has 1 saturated heterocycles. The Labute approximate surface area is 100 Å². The first-order valence-electron chi connectivity index (χ1n) is 6.85. The van der Waals surface area contributed by atoms with Crippen LogP contribution in [-0.2, 0) is 4.79 Å². The highest BCUT2D eigenvalue weighted by atomic mass is 16.1. The van der Waals surface area contributed by atoms with Crippen LogP contribution >= 0.6 is 0 Å². The van der Waals surface area contributed by atoms with Crippen LogP contribution in [0.4, 0.5) is 0 Å². The molecule has 0 aromatic rings. The third-order valence-corrected chi connectivity index (χ3v) is 4.13. The zero-order chi connectivity index (χ0) is 12.0. The first-order chi connectivity index (χ1) is 7.65. The monoisotopic (exact) mass is 225 g/mol. The summed E-state index contributed by atoms with van der Waals surface area (Å²) in [6, 6.07) is 0.702. The van der Waals surface area contributed by atoms with Gasteiger partial charge in [0.05, 0.1) is 0 Å². The van der Waals surface area contributed by atoms with Gasteiger partial charge in [-0.25, -0.2) is 0 Å². The van der Waals surface area contributed by atoms with Gasteiger partial charge in [-0.2, -0.15) is 0 Å². The Morgan fingerprint density at radius 2 is 2.06 bits per heavy atom. The molecule has 1 fully saturated rings. The Kier molecular flexibility index (Phi) is 5.47. The fraction of sp³-hybridized carbons (Fsp3) is 0.929. The summed E-state index contributed by atoms with van der Waals surface area (Å²) in [5.41, 5.74) is -0.141. The van der Waals surface area contributed by atoms with Crippen molar-refractivity contribution >= 4 is 6.29 Å². The molecule has 1 rings (SSSR count). The molecule has 1 heterocycles. The number of likely N-dealkylation sites (tertiary alicyclic amines) is 1. The fourth-order valence-electron chi connectivity index (χ4n) is 2.60. The second kappa shape index (κ2) is 6.39. The average molecular weight is 225 g/mol. The van der Waals surface area contributed by atoms with Crippen molar-refractivity contribution in [2.24, 2.45) is 5.41 Å². The van der Waals surface area contributed by atoms with Gasteiger partial charge in [0, 0.05) is 18.0 Å². The number of aldehydes is 1. The SMILES string of the molecule is CCC1CCCCCN1CC(C)(C=O)CC. The Balaban J connectivity index is 2.63. The number of nitrogens with zero attached hydrogens (tertiary/aromatic N) is 1. The lowest BCUT2D eigenvalue weighted by Gasteiger charge is -2.35. The molecule has 0 aliphatic carbocycles. The van der Waals surface area contributed by atoms with Gasteiger partial charge in [-0.05, 0) is 32.2 Å². The quantitative estimate of drug-likeness (QED) is 0.669. The van der Waals surface area contributed by atoms with Crippen LogP contribution in [0.5, 0.6) is 0 Å². The number of hydrogen-bond donors (Lipinski definition) is 0. The number of rotatable bonds is 5. The summed E-state index contributed by atoms with van der Waals surface area (Å²) in [6.07, 6.45) is 8.66. The van der Waals surface area contributed by atoms with E-state index < -0.39 is 0 Å². The maximum atomic E-state index is 11.2. The van der Waals surface area contributed by atoms with E-state index in [4.69, 9.17) is 0 Å². The lowest BCUT2D eigenvalue weighted by molar-refractivity contribution is -0.117. The van der Waals surface area contributed by atoms with Crippen LogP contribution in [-0.4, -0.2) is 30.3 Å². The highest BCUT2D eigenvalue weighted by Gasteiger charge is 2.28. The number of carbonyl (C=O) groups is 1. The summed E-state index contributed by atoms with van der Waals surface area (Å²) in [4.78, 5) is 13.7. The Bertz CT molecular complexity index is 217. The molecule has 0 aromatic carbocycles. The normalized spacial score (nSPS) is 27.1. The van der Waals surface area contributed by atoms with Gasteiger partial charge in [-0.1, -0.05) is 33.6 Å². The summed E-state index contributed by atoms with van der Waals surface area (Å²) >= 11 is 0. The fourth-order valence-corrected chi connectivity index (χ4v) is 2.60. The Morgan fingerprint density at radius 3 is 2.62 bits per heavy atom. The van der Waals surface area contributed by atoms with E-state index in [1.165, 1.54) is 38.6 Å². The van der Waals surface area contributed by atoms with Gasteiger partial charge in [0.15, 0.2) is 0 Å². The maximum Gasteiger partial charge on any atom is 0.127 e. The molecular weight excluding hydrogens is 198 g/mol. The van der Waals surface area contributed by atoms with Gasteiger partial charge in [-0.3, -0.25) is 4.90 Å². The van der Waals surface area contributed by atoms with Gasteiger partial charge >= 0.3 is 0 Å². The topological polar surface area (TPSA) is 20.3 Å². The van der Waals surface area contributed by atoms with Gasteiger partial charge in [-0.15, -0.1) is 0 Å². The molecule has 0 aromatic heterocycles. The molecule has 0 amide bonds. The number of carbonyl (C=O) groups excluding carboxylic acids is 1. The second-order valence-corrected chi connectivity index (χ2v) is 5.51. The predicted molar refractivity (Wildman–Crippen MR) is 68.6 cm³/mol. The number of hydrogen-bond acceptors (Lipinski definition) is 2. The Morgan fingerprint density at radius 1 is 1.31 bits per heavy atom. The van der Waals surface area contributed by atoms with Crippen LogP contribution < -0.4 is 0 Å². The smallest absolute Gasteiger partial charge is 0.127 e. The van der Waals surface area contributed by atoms with Crippen molar-refractivity contribution in [3.8, 4) is 0 Å². The summed E-state index contributed by atoms with van der Waals surface area (Å²) in [7, 11) is 0. The summed E-state index contributed by atoms with van der Waals surface area (Å²) in [6.45, 7) is 8.62. The van der Waals surface area contributed by atoms with Crippen LogP contribution in [0, 0.1) is 5.41 Å². The highest BCUT2D eigenvalue weighted by molar-refractivity contribution is 5.58. The average Bonchev–Trinajstić information content (AvgIpc) is 2.54. The minimum absolute atomic E-state index is 0.141. The molecule has 2 atom stereocenters. The first kappa shape index (κ1) is 13.7. The third-order valence-electron chi connectivity index (χ3n) is 4.13. The van der Waals surface area contributed by atoms with Crippen molar-refractivity contribution in [3.05, 3.63) is 0 Å². The molecule has 0 spiro atoms. The molecule has 0 bridgehead atoms. The van der Waals surface area contributed by atoms with Crippen molar-refractivity contribution in [2.75, 3.05) is 13.1 Å². The van der Waals surface area contributed by atoms with E-state index in [0.717, 1.165) is 19.3 Å². The largest absolute Gasteiger partial charge is 0.303 e. The van der Waals surface area contributed by atoms with Gasteiger partial charge in [0.1, 0.15) is 6.29 Å². The molecule has 2 unspecified atom stereocenters. The van der Waals surface area contributed by atoms with E-state index in [-0.39, 0.29) is 5.41 Å². The molecule has 0 N–H and O–H groups in total. The molecular formula is C14H27NO. The molecule has 2 nitrogen and oxygen atoms in total. The predicted octanol–water partition coefficient (Wildman–Crippen LogP) is 3.26. The lowest BCUT2D eigenvalue weighted by Crippen LogP contribution is -2.42. The standard InChI is InChI=1S/C14H27NO/c1-4-13-9-7-6-8-10-15(13)11-14(3,5-2)12-16/h12-13H,4-11H2,1-3H3. The van der Waals surface area contributed by atoms with Crippen molar-refractivity contribution in [2.45, 2.75) is 65.3 Å². The van der Waals surface area contributed by atoms with Crippen molar-refractivity contribution in [1.82, 2.24) is 4.90 Å². The van der Waals surface area contributed by atoms with E-state index in [9.17, 15) is 4.79 Å². The van der Waals surface area contributed by atoms with E-state index in [2.05, 4.69) is 25.7 Å². The van der Waals surface area contributed by atoms with E-state index >= 15 is 0 Å². The van der Waals surface area contributed by atoms with Crippen molar-refractivity contribution < 1.29 is 4.79 Å². The Hall–Kier alpha value is -0.370. The molecule has 94 valence electrons. The van der Waals surface area contributed by atoms with Crippen molar-refractivity contribution in [1.29, 1.82) is 0 Å². The highest BCUT2D eigenvalue weighted by Crippen LogP contribution is 2.25. The molecule has 1 aliphatic heterocycles. The minimum atomic E-state index is -0.141. The molecule has 0 saturated carbocycles. The summed E-state index contributed by atoms with van der Waals surface area (Å²) in [5, 5.41) is 0. The van der Waals surface area contributed by atoms with E-state index in [0.29, 0.717) is 6.04 Å². The van der Waals surface area contributed by atoms with E-state index in [1.54, 1.807) is 0 Å². The maximum absolute atomic E-state index is 11.2. The van der Waals surface area contributed by atoms with Gasteiger partial charge in [0.2, 0.25) is 0 Å². The third kappa shape index (κ3) is 3.58. The van der Waals surface area contributed by atoms with Crippen LogP contribution in [0.1, 0.15) is 59.3 Å². The zero-order valence-corrected chi connectivity index (χ0v) is 11.2. The van der Waals surface area contributed by atoms with E-state index in [1.807, 2.05) is 0 Å². The van der Waals surface area contributed by atoms with Gasteiger partial charge < -0.3 is 4.79 Å². The molecule has 2 heteroatoms.